The number of amides is 3. The largest absolute Gasteiger partial charge is 0.351 e. The molecular formula is C13H18N4O2. The zero-order valence-electron chi connectivity index (χ0n) is 10.8. The smallest absolute Gasteiger partial charge is 0.316 e. The van der Waals surface area contributed by atoms with Gasteiger partial charge >= 0.3 is 6.03 Å². The van der Waals surface area contributed by atoms with Crippen LogP contribution in [0.3, 0.4) is 0 Å². The number of rotatable bonds is 3. The number of anilines is 2. The SMILES string of the molecule is CC1NCCC1C(=O)Nc1ccc(NC(N)=O)cc1. The molecule has 3 amide bonds. The van der Waals surface area contributed by atoms with Gasteiger partial charge in [-0.05, 0) is 44.2 Å². The highest BCUT2D eigenvalue weighted by atomic mass is 16.2. The summed E-state index contributed by atoms with van der Waals surface area (Å²) >= 11 is 0. The van der Waals surface area contributed by atoms with E-state index in [4.69, 9.17) is 5.73 Å². The molecule has 0 radical (unpaired) electrons. The number of carbonyl (C=O) groups excluding carboxylic acids is 2. The first-order chi connectivity index (χ1) is 9.06. The van der Waals surface area contributed by atoms with Crippen LogP contribution in [-0.2, 0) is 4.79 Å². The van der Waals surface area contributed by atoms with E-state index in [1.54, 1.807) is 24.3 Å². The third kappa shape index (κ3) is 3.45. The average Bonchev–Trinajstić information content (AvgIpc) is 2.77. The number of carbonyl (C=O) groups is 2. The summed E-state index contributed by atoms with van der Waals surface area (Å²) in [6, 6.07) is 6.44. The summed E-state index contributed by atoms with van der Waals surface area (Å²) in [6.07, 6.45) is 0.855. The van der Waals surface area contributed by atoms with Gasteiger partial charge in [0.25, 0.3) is 0 Å². The van der Waals surface area contributed by atoms with Crippen molar-refractivity contribution in [2.45, 2.75) is 19.4 Å². The van der Waals surface area contributed by atoms with Crippen LogP contribution in [0.1, 0.15) is 13.3 Å². The van der Waals surface area contributed by atoms with Crippen molar-refractivity contribution in [1.82, 2.24) is 5.32 Å². The molecule has 0 saturated carbocycles. The van der Waals surface area contributed by atoms with Gasteiger partial charge in [0.15, 0.2) is 0 Å². The van der Waals surface area contributed by atoms with Crippen LogP contribution in [0.15, 0.2) is 24.3 Å². The van der Waals surface area contributed by atoms with Gasteiger partial charge in [-0.1, -0.05) is 0 Å². The Morgan fingerprint density at radius 2 is 1.79 bits per heavy atom. The number of nitrogens with one attached hydrogen (secondary N) is 3. The van der Waals surface area contributed by atoms with Crippen molar-refractivity contribution in [1.29, 1.82) is 0 Å². The summed E-state index contributed by atoms with van der Waals surface area (Å²) in [4.78, 5) is 22.7. The van der Waals surface area contributed by atoms with Crippen molar-refractivity contribution >= 4 is 23.3 Å². The highest BCUT2D eigenvalue weighted by molar-refractivity contribution is 5.94. The molecule has 0 aromatic heterocycles. The number of hydrogen-bond acceptors (Lipinski definition) is 3. The molecule has 2 unspecified atom stereocenters. The van der Waals surface area contributed by atoms with Gasteiger partial charge in [0.1, 0.15) is 0 Å². The monoisotopic (exact) mass is 262 g/mol. The Hall–Kier alpha value is -2.08. The lowest BCUT2D eigenvalue weighted by Crippen LogP contribution is -2.32. The second kappa shape index (κ2) is 5.71. The number of hydrogen-bond donors (Lipinski definition) is 4. The highest BCUT2D eigenvalue weighted by Gasteiger charge is 2.29. The molecular weight excluding hydrogens is 244 g/mol. The maximum Gasteiger partial charge on any atom is 0.316 e. The molecule has 1 heterocycles. The van der Waals surface area contributed by atoms with Crippen LogP contribution in [0.25, 0.3) is 0 Å². The summed E-state index contributed by atoms with van der Waals surface area (Å²) in [5.74, 6) is 0.0246. The lowest BCUT2D eigenvalue weighted by Gasteiger charge is -2.15. The third-order valence-electron chi connectivity index (χ3n) is 3.28. The Balaban J connectivity index is 1.95. The predicted molar refractivity (Wildman–Crippen MR) is 73.8 cm³/mol. The molecule has 6 nitrogen and oxygen atoms in total. The Morgan fingerprint density at radius 3 is 2.26 bits per heavy atom. The van der Waals surface area contributed by atoms with Crippen molar-refractivity contribution in [3.05, 3.63) is 24.3 Å². The number of urea groups is 1. The van der Waals surface area contributed by atoms with Crippen molar-refractivity contribution in [3.63, 3.8) is 0 Å². The minimum absolute atomic E-state index is 0.00317. The van der Waals surface area contributed by atoms with E-state index in [9.17, 15) is 9.59 Å². The normalized spacial score (nSPS) is 21.9. The maximum absolute atomic E-state index is 12.0. The van der Waals surface area contributed by atoms with Crippen LogP contribution in [0.2, 0.25) is 0 Å². The van der Waals surface area contributed by atoms with Crippen LogP contribution in [0, 0.1) is 5.92 Å². The minimum atomic E-state index is -0.609. The lowest BCUT2D eigenvalue weighted by molar-refractivity contribution is -0.120. The molecule has 1 aromatic rings. The number of benzene rings is 1. The number of primary amides is 1. The summed E-state index contributed by atoms with van der Waals surface area (Å²) < 4.78 is 0. The molecule has 0 bridgehead atoms. The van der Waals surface area contributed by atoms with Gasteiger partial charge in [0.05, 0.1) is 5.92 Å². The van der Waals surface area contributed by atoms with E-state index in [1.165, 1.54) is 0 Å². The Kier molecular flexibility index (Phi) is 4.01. The summed E-state index contributed by atoms with van der Waals surface area (Å²) in [5.41, 5.74) is 6.32. The number of nitrogens with two attached hydrogens (primary N) is 1. The van der Waals surface area contributed by atoms with Crippen LogP contribution in [0.5, 0.6) is 0 Å². The molecule has 1 fully saturated rings. The van der Waals surface area contributed by atoms with Crippen molar-refractivity contribution in [3.8, 4) is 0 Å². The second-order valence-electron chi connectivity index (χ2n) is 4.69. The standard InChI is InChI=1S/C13H18N4O2/c1-8-11(6-7-15-8)12(18)16-9-2-4-10(5-3-9)17-13(14)19/h2-5,8,11,15H,6-7H2,1H3,(H,16,18)(H3,14,17,19). The average molecular weight is 262 g/mol. The molecule has 102 valence electrons. The van der Waals surface area contributed by atoms with Crippen LogP contribution in [-0.4, -0.2) is 24.5 Å². The van der Waals surface area contributed by atoms with Crippen LogP contribution in [0.4, 0.5) is 16.2 Å². The molecule has 2 atom stereocenters. The van der Waals surface area contributed by atoms with E-state index in [0.717, 1.165) is 13.0 Å². The van der Waals surface area contributed by atoms with E-state index >= 15 is 0 Å². The molecule has 1 aliphatic rings. The molecule has 5 N–H and O–H groups in total. The van der Waals surface area contributed by atoms with Gasteiger partial charge < -0.3 is 21.7 Å². The van der Waals surface area contributed by atoms with E-state index in [0.29, 0.717) is 11.4 Å². The molecule has 0 spiro atoms. The lowest BCUT2D eigenvalue weighted by atomic mass is 10.0. The minimum Gasteiger partial charge on any atom is -0.351 e. The van der Waals surface area contributed by atoms with E-state index in [2.05, 4.69) is 16.0 Å². The summed E-state index contributed by atoms with van der Waals surface area (Å²) in [6.45, 7) is 2.89. The first kappa shape index (κ1) is 13.4. The Labute approximate surface area is 111 Å². The van der Waals surface area contributed by atoms with Crippen molar-refractivity contribution in [2.24, 2.45) is 11.7 Å². The zero-order chi connectivity index (χ0) is 13.8. The van der Waals surface area contributed by atoms with E-state index in [1.807, 2.05) is 6.92 Å². The fourth-order valence-electron chi connectivity index (χ4n) is 2.23. The van der Waals surface area contributed by atoms with Gasteiger partial charge in [-0.3, -0.25) is 4.79 Å². The van der Waals surface area contributed by atoms with Gasteiger partial charge in [0.2, 0.25) is 5.91 Å². The molecule has 19 heavy (non-hydrogen) atoms. The molecule has 6 heteroatoms. The fourth-order valence-corrected chi connectivity index (χ4v) is 2.23. The highest BCUT2D eigenvalue weighted by Crippen LogP contribution is 2.19. The van der Waals surface area contributed by atoms with Crippen LogP contribution >= 0.6 is 0 Å². The van der Waals surface area contributed by atoms with Gasteiger partial charge in [-0.25, -0.2) is 4.79 Å². The molecule has 1 aliphatic heterocycles. The van der Waals surface area contributed by atoms with Crippen molar-refractivity contribution in [2.75, 3.05) is 17.2 Å². The van der Waals surface area contributed by atoms with Gasteiger partial charge in [-0.2, -0.15) is 0 Å². The summed E-state index contributed by atoms with van der Waals surface area (Å²) in [7, 11) is 0. The van der Waals surface area contributed by atoms with Gasteiger partial charge in [-0.15, -0.1) is 0 Å². The predicted octanol–water partition coefficient (Wildman–Crippen LogP) is 1.11. The quantitative estimate of drug-likeness (QED) is 0.657. The third-order valence-corrected chi connectivity index (χ3v) is 3.28. The molecule has 1 aromatic carbocycles. The first-order valence-corrected chi connectivity index (χ1v) is 6.27. The van der Waals surface area contributed by atoms with E-state index in [-0.39, 0.29) is 17.9 Å². The topological polar surface area (TPSA) is 96.2 Å². The van der Waals surface area contributed by atoms with Crippen LogP contribution < -0.4 is 21.7 Å². The zero-order valence-corrected chi connectivity index (χ0v) is 10.8. The van der Waals surface area contributed by atoms with E-state index < -0.39 is 6.03 Å². The maximum atomic E-state index is 12.0. The second-order valence-corrected chi connectivity index (χ2v) is 4.69. The Morgan fingerprint density at radius 1 is 1.21 bits per heavy atom. The molecule has 0 aliphatic carbocycles. The first-order valence-electron chi connectivity index (χ1n) is 6.27. The van der Waals surface area contributed by atoms with Gasteiger partial charge in [0, 0.05) is 17.4 Å². The van der Waals surface area contributed by atoms with Crippen molar-refractivity contribution < 1.29 is 9.59 Å². The Bertz CT molecular complexity index is 472. The summed E-state index contributed by atoms with van der Waals surface area (Å²) in [5, 5.41) is 8.58. The molecule has 2 rings (SSSR count). The molecule has 1 saturated heterocycles. The fraction of sp³-hybridized carbons (Fsp3) is 0.385.